The number of rotatable bonds is 5. The topological polar surface area (TPSA) is 57.1 Å². The second-order valence-corrected chi connectivity index (χ2v) is 4.01. The highest BCUT2D eigenvalue weighted by Gasteiger charge is 2.10. The van der Waals surface area contributed by atoms with E-state index in [1.807, 2.05) is 32.0 Å². The Balaban J connectivity index is 2.23. The van der Waals surface area contributed by atoms with Gasteiger partial charge in [0, 0.05) is 6.20 Å². The van der Waals surface area contributed by atoms with E-state index < -0.39 is 0 Å². The molecule has 2 aromatic heterocycles. The van der Waals surface area contributed by atoms with Crippen LogP contribution in [0.4, 0.5) is 0 Å². The molecule has 94 valence electrons. The van der Waals surface area contributed by atoms with Gasteiger partial charge >= 0.3 is 0 Å². The number of aryl methyl sites for hydroxylation is 1. The molecule has 0 spiro atoms. The van der Waals surface area contributed by atoms with Crippen LogP contribution in [0.3, 0.4) is 0 Å². The van der Waals surface area contributed by atoms with Crippen LogP contribution in [0.2, 0.25) is 0 Å². The normalized spacial score (nSPS) is 10.3. The summed E-state index contributed by atoms with van der Waals surface area (Å²) in [6, 6.07) is 7.36. The first-order valence-electron chi connectivity index (χ1n) is 5.53. The van der Waals surface area contributed by atoms with Gasteiger partial charge in [-0.3, -0.25) is 9.17 Å². The first-order chi connectivity index (χ1) is 8.81. The summed E-state index contributed by atoms with van der Waals surface area (Å²) >= 11 is 0.930. The zero-order chi connectivity index (χ0) is 12.8. The molecule has 0 fully saturated rings. The minimum Gasteiger partial charge on any atom is -0.398 e. The predicted octanol–water partition coefficient (Wildman–Crippen LogP) is 2.83. The van der Waals surface area contributed by atoms with Gasteiger partial charge in [0.15, 0.2) is 5.75 Å². The number of aromatic nitrogens is 3. The minimum absolute atomic E-state index is 0.574. The van der Waals surface area contributed by atoms with E-state index in [-0.39, 0.29) is 0 Å². The third-order valence-electron chi connectivity index (χ3n) is 2.10. The molecule has 6 heteroatoms. The number of pyridine rings is 1. The molecular weight excluding hydrogens is 250 g/mol. The van der Waals surface area contributed by atoms with Gasteiger partial charge in [-0.25, -0.2) is 0 Å². The third-order valence-corrected chi connectivity index (χ3v) is 2.68. The van der Waals surface area contributed by atoms with Gasteiger partial charge in [0.05, 0.1) is 12.3 Å². The number of nitrogens with zero attached hydrogens (tertiary/aromatic N) is 3. The molecular formula is C12H13N3O2S. The smallest absolute Gasteiger partial charge is 0.225 e. The van der Waals surface area contributed by atoms with Gasteiger partial charge in [0.1, 0.15) is 11.4 Å². The Bertz CT molecular complexity index is 505. The zero-order valence-electron chi connectivity index (χ0n) is 10.2. The first-order valence-corrected chi connectivity index (χ1v) is 6.19. The summed E-state index contributed by atoms with van der Waals surface area (Å²) in [5.41, 5.74) is 2.19. The summed E-state index contributed by atoms with van der Waals surface area (Å²) in [5.74, 6) is 0.606. The Morgan fingerprint density at radius 1 is 1.22 bits per heavy atom. The van der Waals surface area contributed by atoms with E-state index in [2.05, 4.69) is 15.2 Å². The third kappa shape index (κ3) is 3.18. The van der Waals surface area contributed by atoms with Gasteiger partial charge in [-0.2, -0.15) is 5.10 Å². The second kappa shape index (κ2) is 6.32. The van der Waals surface area contributed by atoms with Crippen molar-refractivity contribution in [1.29, 1.82) is 0 Å². The maximum atomic E-state index is 5.43. The Morgan fingerprint density at radius 3 is 2.83 bits per heavy atom. The van der Waals surface area contributed by atoms with Crippen LogP contribution in [-0.2, 0) is 4.18 Å². The lowest BCUT2D eigenvalue weighted by atomic mass is 10.2. The summed E-state index contributed by atoms with van der Waals surface area (Å²) in [5, 5.41) is 8.10. The molecule has 0 aromatic carbocycles. The molecule has 0 saturated heterocycles. The average molecular weight is 263 g/mol. The molecule has 5 nitrogen and oxygen atoms in total. The fraction of sp³-hybridized carbons (Fsp3) is 0.250. The molecule has 0 aliphatic rings. The fourth-order valence-electron chi connectivity index (χ4n) is 1.28. The molecule has 0 N–H and O–H groups in total. The van der Waals surface area contributed by atoms with Crippen molar-refractivity contribution in [1.82, 2.24) is 15.2 Å². The monoisotopic (exact) mass is 263 g/mol. The van der Waals surface area contributed by atoms with E-state index in [1.54, 1.807) is 12.3 Å². The molecule has 0 amide bonds. The first kappa shape index (κ1) is 12.8. The lowest BCUT2D eigenvalue weighted by Crippen LogP contribution is -1.95. The quantitative estimate of drug-likeness (QED) is 0.610. The maximum Gasteiger partial charge on any atom is 0.225 e. The van der Waals surface area contributed by atoms with Gasteiger partial charge in [-0.05, 0) is 38.1 Å². The predicted molar refractivity (Wildman–Crippen MR) is 69.8 cm³/mol. The molecule has 0 bridgehead atoms. The van der Waals surface area contributed by atoms with Gasteiger partial charge in [-0.1, -0.05) is 0 Å². The van der Waals surface area contributed by atoms with Crippen molar-refractivity contribution in [3.63, 3.8) is 0 Å². The van der Waals surface area contributed by atoms with Crippen molar-refractivity contribution in [3.8, 4) is 17.1 Å². The molecule has 0 saturated carbocycles. The lowest BCUT2D eigenvalue weighted by Gasteiger charge is -2.07. The largest absolute Gasteiger partial charge is 0.398 e. The molecule has 0 aliphatic carbocycles. The molecule has 0 unspecified atom stereocenters. The molecule has 0 aliphatic heterocycles. The van der Waals surface area contributed by atoms with E-state index in [9.17, 15) is 0 Å². The molecule has 0 radical (unpaired) electrons. The second-order valence-electron chi connectivity index (χ2n) is 3.47. The van der Waals surface area contributed by atoms with Crippen molar-refractivity contribution in [2.45, 2.75) is 13.8 Å². The van der Waals surface area contributed by atoms with E-state index in [0.717, 1.165) is 18.0 Å². The van der Waals surface area contributed by atoms with Gasteiger partial charge in [0.25, 0.3) is 0 Å². The van der Waals surface area contributed by atoms with Crippen molar-refractivity contribution in [3.05, 3.63) is 36.2 Å². The average Bonchev–Trinajstić information content (AvgIpc) is 2.41. The van der Waals surface area contributed by atoms with Crippen LogP contribution in [-0.4, -0.2) is 21.8 Å². The van der Waals surface area contributed by atoms with Gasteiger partial charge in [-0.15, -0.1) is 5.10 Å². The number of hydrogen-bond donors (Lipinski definition) is 0. The van der Waals surface area contributed by atoms with Gasteiger partial charge < -0.3 is 4.18 Å². The molecule has 2 rings (SSSR count). The maximum absolute atomic E-state index is 5.43. The SMILES string of the molecule is CCOSOc1cccnc1-c1ccc(C)nn1. The molecule has 18 heavy (non-hydrogen) atoms. The highest BCUT2D eigenvalue weighted by molar-refractivity contribution is 7.90. The highest BCUT2D eigenvalue weighted by atomic mass is 32.2. The Kier molecular flexibility index (Phi) is 4.49. The van der Waals surface area contributed by atoms with Crippen molar-refractivity contribution in [2.24, 2.45) is 0 Å². The van der Waals surface area contributed by atoms with E-state index in [0.29, 0.717) is 23.7 Å². The lowest BCUT2D eigenvalue weighted by molar-refractivity contribution is 0.369. The summed E-state index contributed by atoms with van der Waals surface area (Å²) in [4.78, 5) is 4.26. The van der Waals surface area contributed by atoms with Crippen LogP contribution in [0.1, 0.15) is 12.6 Å². The highest BCUT2D eigenvalue weighted by Crippen LogP contribution is 2.28. The van der Waals surface area contributed by atoms with Crippen LogP contribution < -0.4 is 4.18 Å². The Morgan fingerprint density at radius 2 is 2.11 bits per heavy atom. The standard InChI is InChI=1S/C12H13N3O2S/c1-3-16-18-17-11-5-4-8-13-12(11)10-7-6-9(2)14-15-10/h4-8H,3H2,1-2H3. The fourth-order valence-corrected chi connectivity index (χ4v) is 1.64. The van der Waals surface area contributed by atoms with E-state index in [4.69, 9.17) is 8.37 Å². The zero-order valence-corrected chi connectivity index (χ0v) is 11.0. The van der Waals surface area contributed by atoms with Crippen LogP contribution in [0, 0.1) is 6.92 Å². The Labute approximate surface area is 110 Å². The summed E-state index contributed by atoms with van der Waals surface area (Å²) < 4.78 is 10.5. The molecule has 2 heterocycles. The summed E-state index contributed by atoms with van der Waals surface area (Å²) in [6.45, 7) is 4.36. The summed E-state index contributed by atoms with van der Waals surface area (Å²) in [6.07, 6.45) is 1.69. The Hall–Kier alpha value is -1.66. The van der Waals surface area contributed by atoms with Crippen molar-refractivity contribution in [2.75, 3.05) is 6.61 Å². The van der Waals surface area contributed by atoms with Crippen LogP contribution >= 0.6 is 12.3 Å². The van der Waals surface area contributed by atoms with Crippen molar-refractivity contribution >= 4 is 12.3 Å². The van der Waals surface area contributed by atoms with Crippen LogP contribution in [0.5, 0.6) is 5.75 Å². The molecule has 2 aromatic rings. The van der Waals surface area contributed by atoms with Crippen molar-refractivity contribution < 1.29 is 8.37 Å². The number of hydrogen-bond acceptors (Lipinski definition) is 6. The van der Waals surface area contributed by atoms with Gasteiger partial charge in [0.2, 0.25) is 12.3 Å². The van der Waals surface area contributed by atoms with E-state index >= 15 is 0 Å². The molecule has 0 atom stereocenters. The van der Waals surface area contributed by atoms with E-state index in [1.165, 1.54) is 0 Å². The summed E-state index contributed by atoms with van der Waals surface area (Å²) in [7, 11) is 0. The van der Waals surface area contributed by atoms with Crippen LogP contribution in [0.15, 0.2) is 30.5 Å². The van der Waals surface area contributed by atoms with Crippen LogP contribution in [0.25, 0.3) is 11.4 Å². The minimum atomic E-state index is 0.574.